The molecule has 0 rings (SSSR count). The van der Waals surface area contributed by atoms with Gasteiger partial charge >= 0.3 is 0 Å². The standard InChI is InChI=1S/C12H20.CH4/c1-6-7-12(11(4)5)9-8-10(2)3;/h6,8,12H,1,4,7,9H2,2-3,5H3;1H4. The molecule has 0 heterocycles. The van der Waals surface area contributed by atoms with E-state index >= 15 is 0 Å². The van der Waals surface area contributed by atoms with Gasteiger partial charge in [0.1, 0.15) is 0 Å². The molecule has 0 aromatic rings. The lowest BCUT2D eigenvalue weighted by Crippen LogP contribution is -1.98. The number of hydrogen-bond donors (Lipinski definition) is 0. The van der Waals surface area contributed by atoms with Gasteiger partial charge in [0.15, 0.2) is 0 Å². The summed E-state index contributed by atoms with van der Waals surface area (Å²) in [7, 11) is 0. The Hall–Kier alpha value is -0.780. The summed E-state index contributed by atoms with van der Waals surface area (Å²) in [6.45, 7) is 14.1. The van der Waals surface area contributed by atoms with Crippen molar-refractivity contribution in [1.82, 2.24) is 0 Å². The molecule has 0 saturated carbocycles. The van der Waals surface area contributed by atoms with Gasteiger partial charge < -0.3 is 0 Å². The predicted octanol–water partition coefficient (Wildman–Crippen LogP) is 4.75. The van der Waals surface area contributed by atoms with E-state index in [4.69, 9.17) is 0 Å². The summed E-state index contributed by atoms with van der Waals surface area (Å²) in [5.74, 6) is 0.581. The van der Waals surface area contributed by atoms with Crippen LogP contribution in [-0.4, -0.2) is 0 Å². The fraction of sp³-hybridized carbons (Fsp3) is 0.538. The summed E-state index contributed by atoms with van der Waals surface area (Å²) in [5, 5.41) is 0. The molecular formula is C13H24. The molecule has 0 heteroatoms. The molecule has 0 aliphatic rings. The van der Waals surface area contributed by atoms with Gasteiger partial charge in [-0.05, 0) is 39.5 Å². The highest BCUT2D eigenvalue weighted by molar-refractivity contribution is 5.04. The Labute approximate surface area is 84.1 Å². The summed E-state index contributed by atoms with van der Waals surface area (Å²) >= 11 is 0. The number of rotatable bonds is 5. The van der Waals surface area contributed by atoms with E-state index in [1.807, 2.05) is 6.08 Å². The van der Waals surface area contributed by atoms with Crippen LogP contribution >= 0.6 is 0 Å². The first-order chi connectivity index (χ1) is 5.57. The van der Waals surface area contributed by atoms with Crippen LogP contribution in [0.2, 0.25) is 0 Å². The van der Waals surface area contributed by atoms with Crippen LogP contribution in [0.1, 0.15) is 41.0 Å². The summed E-state index contributed by atoms with van der Waals surface area (Å²) in [4.78, 5) is 0. The van der Waals surface area contributed by atoms with Crippen LogP contribution in [0.4, 0.5) is 0 Å². The molecule has 0 aromatic heterocycles. The van der Waals surface area contributed by atoms with E-state index in [1.165, 1.54) is 11.1 Å². The van der Waals surface area contributed by atoms with Crippen LogP contribution < -0.4 is 0 Å². The lowest BCUT2D eigenvalue weighted by atomic mass is 9.94. The first-order valence-corrected chi connectivity index (χ1v) is 4.47. The van der Waals surface area contributed by atoms with Gasteiger partial charge in [0.2, 0.25) is 0 Å². The summed E-state index contributed by atoms with van der Waals surface area (Å²) in [6, 6.07) is 0. The Bertz CT molecular complexity index is 180. The van der Waals surface area contributed by atoms with E-state index in [1.54, 1.807) is 0 Å². The summed E-state index contributed by atoms with van der Waals surface area (Å²) in [6.07, 6.45) is 6.38. The predicted molar refractivity (Wildman–Crippen MR) is 63.9 cm³/mol. The molecule has 76 valence electrons. The Morgan fingerprint density at radius 1 is 1.23 bits per heavy atom. The zero-order chi connectivity index (χ0) is 9.56. The van der Waals surface area contributed by atoms with Crippen molar-refractivity contribution >= 4 is 0 Å². The maximum absolute atomic E-state index is 3.97. The van der Waals surface area contributed by atoms with Crippen molar-refractivity contribution in [2.45, 2.75) is 41.0 Å². The maximum Gasteiger partial charge on any atom is -0.0140 e. The zero-order valence-electron chi connectivity index (χ0n) is 8.56. The smallest absolute Gasteiger partial charge is 0.0140 e. The van der Waals surface area contributed by atoms with Crippen LogP contribution in [0.15, 0.2) is 36.5 Å². The first-order valence-electron chi connectivity index (χ1n) is 4.47. The lowest BCUT2D eigenvalue weighted by Gasteiger charge is -2.12. The van der Waals surface area contributed by atoms with E-state index in [-0.39, 0.29) is 7.43 Å². The molecule has 13 heavy (non-hydrogen) atoms. The second kappa shape index (κ2) is 7.85. The fourth-order valence-corrected chi connectivity index (χ4v) is 1.08. The van der Waals surface area contributed by atoms with Gasteiger partial charge in [-0.15, -0.1) is 6.58 Å². The van der Waals surface area contributed by atoms with Crippen molar-refractivity contribution in [1.29, 1.82) is 0 Å². The third kappa shape index (κ3) is 7.58. The highest BCUT2D eigenvalue weighted by atomic mass is 14.1. The molecule has 0 aromatic carbocycles. The Morgan fingerprint density at radius 3 is 2.08 bits per heavy atom. The number of hydrogen-bond acceptors (Lipinski definition) is 0. The third-order valence-corrected chi connectivity index (χ3v) is 1.96. The zero-order valence-corrected chi connectivity index (χ0v) is 8.56. The third-order valence-electron chi connectivity index (χ3n) is 1.96. The van der Waals surface area contributed by atoms with E-state index in [9.17, 15) is 0 Å². The summed E-state index contributed by atoms with van der Waals surface area (Å²) < 4.78 is 0. The monoisotopic (exact) mass is 180 g/mol. The van der Waals surface area contributed by atoms with Crippen LogP contribution in [0.25, 0.3) is 0 Å². The number of allylic oxidation sites excluding steroid dienone is 4. The van der Waals surface area contributed by atoms with Gasteiger partial charge in [-0.1, -0.05) is 37.3 Å². The van der Waals surface area contributed by atoms with E-state index in [0.717, 1.165) is 12.8 Å². The van der Waals surface area contributed by atoms with Gasteiger partial charge in [0.05, 0.1) is 0 Å². The molecule has 0 radical (unpaired) electrons. The Balaban J connectivity index is 0. The lowest BCUT2D eigenvalue weighted by molar-refractivity contribution is 0.634. The van der Waals surface area contributed by atoms with Crippen molar-refractivity contribution in [3.05, 3.63) is 36.5 Å². The molecule has 0 fully saturated rings. The molecule has 0 aliphatic carbocycles. The minimum atomic E-state index is 0. The largest absolute Gasteiger partial charge is 0.103 e. The molecule has 0 amide bonds. The fourth-order valence-electron chi connectivity index (χ4n) is 1.08. The second-order valence-electron chi connectivity index (χ2n) is 3.58. The maximum atomic E-state index is 3.97. The highest BCUT2D eigenvalue weighted by Gasteiger charge is 2.04. The molecule has 0 nitrogen and oxygen atoms in total. The van der Waals surface area contributed by atoms with Gasteiger partial charge in [0.25, 0.3) is 0 Å². The average Bonchev–Trinajstić information content (AvgIpc) is 1.96. The Kier molecular flexibility index (Phi) is 8.89. The minimum absolute atomic E-state index is 0. The van der Waals surface area contributed by atoms with Crippen molar-refractivity contribution < 1.29 is 0 Å². The molecule has 1 atom stereocenters. The molecule has 0 saturated heterocycles. The van der Waals surface area contributed by atoms with Gasteiger partial charge in [-0.2, -0.15) is 0 Å². The minimum Gasteiger partial charge on any atom is -0.103 e. The van der Waals surface area contributed by atoms with Crippen LogP contribution in [0, 0.1) is 5.92 Å². The second-order valence-corrected chi connectivity index (χ2v) is 3.58. The van der Waals surface area contributed by atoms with Gasteiger partial charge in [0, 0.05) is 0 Å². The van der Waals surface area contributed by atoms with Crippen LogP contribution in [-0.2, 0) is 0 Å². The van der Waals surface area contributed by atoms with E-state index in [2.05, 4.69) is 40.0 Å². The normalized spacial score (nSPS) is 11.0. The average molecular weight is 180 g/mol. The molecular weight excluding hydrogens is 156 g/mol. The van der Waals surface area contributed by atoms with Gasteiger partial charge in [-0.3, -0.25) is 0 Å². The van der Waals surface area contributed by atoms with Crippen molar-refractivity contribution in [3.63, 3.8) is 0 Å². The molecule has 0 spiro atoms. The van der Waals surface area contributed by atoms with Crippen molar-refractivity contribution in [3.8, 4) is 0 Å². The van der Waals surface area contributed by atoms with Crippen molar-refractivity contribution in [2.24, 2.45) is 5.92 Å². The highest BCUT2D eigenvalue weighted by Crippen LogP contribution is 2.18. The van der Waals surface area contributed by atoms with E-state index in [0.29, 0.717) is 5.92 Å². The topological polar surface area (TPSA) is 0 Å². The SMILES string of the molecule is C.C=CCC(CC=C(C)C)C(=C)C. The quantitative estimate of drug-likeness (QED) is 0.536. The molecule has 0 aliphatic heterocycles. The van der Waals surface area contributed by atoms with Crippen molar-refractivity contribution in [2.75, 3.05) is 0 Å². The van der Waals surface area contributed by atoms with E-state index < -0.39 is 0 Å². The Morgan fingerprint density at radius 2 is 1.77 bits per heavy atom. The first kappa shape index (κ1) is 14.7. The van der Waals surface area contributed by atoms with Crippen LogP contribution in [0.3, 0.4) is 0 Å². The van der Waals surface area contributed by atoms with Crippen LogP contribution in [0.5, 0.6) is 0 Å². The molecule has 0 N–H and O–H groups in total. The molecule has 0 bridgehead atoms. The summed E-state index contributed by atoms with van der Waals surface area (Å²) in [5.41, 5.74) is 2.64. The molecule has 1 unspecified atom stereocenters. The van der Waals surface area contributed by atoms with Gasteiger partial charge in [-0.25, -0.2) is 0 Å².